The summed E-state index contributed by atoms with van der Waals surface area (Å²) in [6.45, 7) is 1.28. The zero-order chi connectivity index (χ0) is 14.8. The van der Waals surface area contributed by atoms with Gasteiger partial charge in [-0.2, -0.15) is 0 Å². The number of rotatable bonds is 3. The van der Waals surface area contributed by atoms with Crippen LogP contribution in [0.25, 0.3) is 0 Å². The fourth-order valence-corrected chi connectivity index (χ4v) is 2.55. The first-order valence-electron chi connectivity index (χ1n) is 7.24. The van der Waals surface area contributed by atoms with Gasteiger partial charge < -0.3 is 15.5 Å². The molecule has 0 aromatic heterocycles. The van der Waals surface area contributed by atoms with Crippen LogP contribution in [-0.2, 0) is 4.79 Å². The molecule has 2 aliphatic rings. The minimum absolute atomic E-state index is 0.0202. The molecule has 112 valence electrons. The molecule has 1 aliphatic heterocycles. The van der Waals surface area contributed by atoms with E-state index in [2.05, 4.69) is 10.6 Å². The van der Waals surface area contributed by atoms with Crippen LogP contribution in [0.3, 0.4) is 0 Å². The minimum Gasteiger partial charge on any atom is -0.340 e. The molecule has 3 rings (SSSR count). The second-order valence-electron chi connectivity index (χ2n) is 5.65. The average Bonchev–Trinajstić information content (AvgIpc) is 3.21. The van der Waals surface area contributed by atoms with Crippen LogP contribution in [0.15, 0.2) is 24.3 Å². The fraction of sp³-hybridized carbons (Fsp3) is 0.467. The minimum atomic E-state index is -0.342. The Morgan fingerprint density at radius 1 is 1.14 bits per heavy atom. The third-order valence-electron chi connectivity index (χ3n) is 3.86. The van der Waals surface area contributed by atoms with Crippen LogP contribution < -0.4 is 10.6 Å². The molecule has 0 radical (unpaired) electrons. The summed E-state index contributed by atoms with van der Waals surface area (Å²) in [5.74, 6) is 0.0982. The summed E-state index contributed by atoms with van der Waals surface area (Å²) in [5, 5.41) is 5.50. The highest BCUT2D eigenvalue weighted by Gasteiger charge is 2.36. The Morgan fingerprint density at radius 2 is 1.86 bits per heavy atom. The Balaban J connectivity index is 1.47. The zero-order valence-corrected chi connectivity index (χ0v) is 11.6. The van der Waals surface area contributed by atoms with Gasteiger partial charge >= 0.3 is 6.03 Å². The molecular weight excluding hydrogens is 273 g/mol. The summed E-state index contributed by atoms with van der Waals surface area (Å²) in [7, 11) is 0. The number of halogens is 1. The van der Waals surface area contributed by atoms with E-state index in [1.165, 1.54) is 24.3 Å². The lowest BCUT2D eigenvalue weighted by molar-refractivity contribution is -0.131. The highest BCUT2D eigenvalue weighted by atomic mass is 19.1. The molecule has 5 nitrogen and oxygen atoms in total. The summed E-state index contributed by atoms with van der Waals surface area (Å²) in [6.07, 6.45) is 2.77. The van der Waals surface area contributed by atoms with E-state index in [4.69, 9.17) is 0 Å². The molecule has 1 aromatic carbocycles. The first kappa shape index (κ1) is 13.9. The summed E-state index contributed by atoms with van der Waals surface area (Å²) < 4.78 is 12.8. The van der Waals surface area contributed by atoms with Crippen molar-refractivity contribution in [2.75, 3.05) is 18.4 Å². The number of likely N-dealkylation sites (tertiary alicyclic amines) is 1. The van der Waals surface area contributed by atoms with Crippen molar-refractivity contribution >= 4 is 17.6 Å². The Labute approximate surface area is 122 Å². The van der Waals surface area contributed by atoms with Crippen LogP contribution in [0.2, 0.25) is 0 Å². The molecule has 3 amide bonds. The maximum atomic E-state index is 12.8. The number of carbonyl (C=O) groups excluding carboxylic acids is 2. The Morgan fingerprint density at radius 3 is 2.52 bits per heavy atom. The number of nitrogens with zero attached hydrogens (tertiary/aromatic N) is 1. The number of benzene rings is 1. The Hall–Kier alpha value is -2.11. The SMILES string of the molecule is O=C(Nc1ccc(F)cc1)NC1CCN(C(=O)C2CC2)C1. The van der Waals surface area contributed by atoms with E-state index in [1.807, 2.05) is 4.90 Å². The van der Waals surface area contributed by atoms with Gasteiger partial charge in [0.05, 0.1) is 0 Å². The first-order chi connectivity index (χ1) is 10.1. The van der Waals surface area contributed by atoms with E-state index in [-0.39, 0.29) is 29.7 Å². The molecule has 0 spiro atoms. The number of hydrogen-bond donors (Lipinski definition) is 2. The van der Waals surface area contributed by atoms with Gasteiger partial charge in [-0.1, -0.05) is 0 Å². The Bertz CT molecular complexity index is 542. The van der Waals surface area contributed by atoms with Gasteiger partial charge in [0, 0.05) is 30.7 Å². The second kappa shape index (κ2) is 5.71. The molecular formula is C15H18FN3O2. The van der Waals surface area contributed by atoms with Crippen LogP contribution >= 0.6 is 0 Å². The van der Waals surface area contributed by atoms with E-state index in [0.29, 0.717) is 18.8 Å². The lowest BCUT2D eigenvalue weighted by atomic mass is 10.2. The number of nitrogens with one attached hydrogen (secondary N) is 2. The molecule has 0 bridgehead atoms. The van der Waals surface area contributed by atoms with Crippen molar-refractivity contribution in [1.82, 2.24) is 10.2 Å². The summed E-state index contributed by atoms with van der Waals surface area (Å²) in [6, 6.07) is 5.25. The molecule has 1 saturated heterocycles. The van der Waals surface area contributed by atoms with Crippen molar-refractivity contribution in [3.05, 3.63) is 30.1 Å². The Kier molecular flexibility index (Phi) is 3.77. The van der Waals surface area contributed by atoms with Gasteiger partial charge in [-0.05, 0) is 43.5 Å². The maximum absolute atomic E-state index is 12.8. The molecule has 1 saturated carbocycles. The van der Waals surface area contributed by atoms with Crippen molar-refractivity contribution in [3.63, 3.8) is 0 Å². The number of carbonyl (C=O) groups is 2. The number of amides is 3. The van der Waals surface area contributed by atoms with Crippen LogP contribution in [0.1, 0.15) is 19.3 Å². The van der Waals surface area contributed by atoms with Gasteiger partial charge in [0.25, 0.3) is 0 Å². The van der Waals surface area contributed by atoms with Crippen molar-refractivity contribution < 1.29 is 14.0 Å². The summed E-state index contributed by atoms with van der Waals surface area (Å²) in [5.41, 5.74) is 0.540. The van der Waals surface area contributed by atoms with Crippen LogP contribution in [-0.4, -0.2) is 36.0 Å². The maximum Gasteiger partial charge on any atom is 0.319 e. The molecule has 1 heterocycles. The number of anilines is 1. The summed E-state index contributed by atoms with van der Waals surface area (Å²) in [4.78, 5) is 25.6. The lowest BCUT2D eigenvalue weighted by Crippen LogP contribution is -2.40. The van der Waals surface area contributed by atoms with Gasteiger partial charge in [-0.3, -0.25) is 4.79 Å². The van der Waals surface area contributed by atoms with Crippen molar-refractivity contribution in [3.8, 4) is 0 Å². The third-order valence-corrected chi connectivity index (χ3v) is 3.86. The van der Waals surface area contributed by atoms with E-state index in [0.717, 1.165) is 19.3 Å². The van der Waals surface area contributed by atoms with Gasteiger partial charge in [0.2, 0.25) is 5.91 Å². The van der Waals surface area contributed by atoms with Crippen LogP contribution in [0, 0.1) is 11.7 Å². The highest BCUT2D eigenvalue weighted by Crippen LogP contribution is 2.32. The van der Waals surface area contributed by atoms with Gasteiger partial charge in [0.15, 0.2) is 0 Å². The topological polar surface area (TPSA) is 61.4 Å². The van der Waals surface area contributed by atoms with E-state index in [1.54, 1.807) is 0 Å². The third kappa shape index (κ3) is 3.51. The quantitative estimate of drug-likeness (QED) is 0.894. The van der Waals surface area contributed by atoms with Crippen LogP contribution in [0.5, 0.6) is 0 Å². The standard InChI is InChI=1S/C15H18FN3O2/c16-11-3-5-12(6-4-11)17-15(21)18-13-7-8-19(9-13)14(20)10-1-2-10/h3-6,10,13H,1-2,7-9H2,(H2,17,18,21). The molecule has 2 N–H and O–H groups in total. The normalized spacial score (nSPS) is 21.2. The van der Waals surface area contributed by atoms with Gasteiger partial charge in [-0.15, -0.1) is 0 Å². The van der Waals surface area contributed by atoms with E-state index < -0.39 is 0 Å². The predicted molar refractivity (Wildman–Crippen MR) is 76.3 cm³/mol. The molecule has 6 heteroatoms. The molecule has 1 aliphatic carbocycles. The molecule has 2 fully saturated rings. The van der Waals surface area contributed by atoms with Crippen molar-refractivity contribution in [2.45, 2.75) is 25.3 Å². The second-order valence-corrected chi connectivity index (χ2v) is 5.65. The molecule has 1 aromatic rings. The van der Waals surface area contributed by atoms with Crippen molar-refractivity contribution in [1.29, 1.82) is 0 Å². The van der Waals surface area contributed by atoms with Gasteiger partial charge in [-0.25, -0.2) is 9.18 Å². The predicted octanol–water partition coefficient (Wildman–Crippen LogP) is 1.96. The lowest BCUT2D eigenvalue weighted by Gasteiger charge is -2.17. The average molecular weight is 291 g/mol. The largest absolute Gasteiger partial charge is 0.340 e. The van der Waals surface area contributed by atoms with E-state index >= 15 is 0 Å². The fourth-order valence-electron chi connectivity index (χ4n) is 2.55. The van der Waals surface area contributed by atoms with Gasteiger partial charge in [0.1, 0.15) is 5.82 Å². The number of urea groups is 1. The molecule has 1 unspecified atom stereocenters. The monoisotopic (exact) mass is 291 g/mol. The molecule has 1 atom stereocenters. The highest BCUT2D eigenvalue weighted by molar-refractivity contribution is 5.89. The van der Waals surface area contributed by atoms with E-state index in [9.17, 15) is 14.0 Å². The first-order valence-corrected chi connectivity index (χ1v) is 7.24. The van der Waals surface area contributed by atoms with Crippen molar-refractivity contribution in [2.24, 2.45) is 5.92 Å². The number of hydrogen-bond acceptors (Lipinski definition) is 2. The van der Waals surface area contributed by atoms with Crippen LogP contribution in [0.4, 0.5) is 14.9 Å². The zero-order valence-electron chi connectivity index (χ0n) is 11.6. The summed E-state index contributed by atoms with van der Waals surface area (Å²) >= 11 is 0. The smallest absolute Gasteiger partial charge is 0.319 e. The molecule has 21 heavy (non-hydrogen) atoms.